The number of hydrogen-bond acceptors (Lipinski definition) is 2. The standard InChI is InChI=1S/C18H28OS/c1-3-15(2)16-9-5-6-10-17(16)19-13-18(14-20)11-7-4-8-12-18/h5-6,9-10,15,20H,3-4,7-8,11-14H2,1-2H3. The van der Waals surface area contributed by atoms with Crippen LogP contribution in [0.15, 0.2) is 24.3 Å². The summed E-state index contributed by atoms with van der Waals surface area (Å²) in [7, 11) is 0. The first-order valence-electron chi connectivity index (χ1n) is 8.03. The molecule has 0 N–H and O–H groups in total. The van der Waals surface area contributed by atoms with Crippen LogP contribution in [0.5, 0.6) is 5.75 Å². The molecule has 1 unspecified atom stereocenters. The monoisotopic (exact) mass is 292 g/mol. The molecular weight excluding hydrogens is 264 g/mol. The molecule has 2 heteroatoms. The highest BCUT2D eigenvalue weighted by molar-refractivity contribution is 7.80. The highest BCUT2D eigenvalue weighted by Crippen LogP contribution is 2.38. The van der Waals surface area contributed by atoms with E-state index in [0.29, 0.717) is 11.3 Å². The van der Waals surface area contributed by atoms with Crippen LogP contribution >= 0.6 is 12.6 Å². The van der Waals surface area contributed by atoms with E-state index in [0.717, 1.165) is 24.5 Å². The van der Waals surface area contributed by atoms with Gasteiger partial charge >= 0.3 is 0 Å². The van der Waals surface area contributed by atoms with Gasteiger partial charge in [0.15, 0.2) is 0 Å². The minimum Gasteiger partial charge on any atom is -0.493 e. The third-order valence-corrected chi connectivity index (χ3v) is 5.52. The lowest BCUT2D eigenvalue weighted by molar-refractivity contribution is 0.120. The van der Waals surface area contributed by atoms with Crippen molar-refractivity contribution in [1.82, 2.24) is 0 Å². The predicted octanol–water partition coefficient (Wildman–Crippen LogP) is 5.46. The maximum Gasteiger partial charge on any atom is 0.122 e. The van der Waals surface area contributed by atoms with Gasteiger partial charge in [-0.3, -0.25) is 0 Å². The minimum atomic E-state index is 0.296. The van der Waals surface area contributed by atoms with Gasteiger partial charge in [-0.05, 0) is 42.6 Å². The fraction of sp³-hybridized carbons (Fsp3) is 0.667. The van der Waals surface area contributed by atoms with Crippen LogP contribution < -0.4 is 4.74 Å². The second kappa shape index (κ2) is 7.40. The fourth-order valence-corrected chi connectivity index (χ4v) is 3.53. The van der Waals surface area contributed by atoms with Crippen LogP contribution in [-0.2, 0) is 0 Å². The van der Waals surface area contributed by atoms with Crippen LogP contribution in [0.1, 0.15) is 63.9 Å². The molecule has 0 heterocycles. The summed E-state index contributed by atoms with van der Waals surface area (Å²) in [6, 6.07) is 8.52. The minimum absolute atomic E-state index is 0.296. The van der Waals surface area contributed by atoms with Crippen molar-refractivity contribution < 1.29 is 4.74 Å². The van der Waals surface area contributed by atoms with Crippen molar-refractivity contribution >= 4 is 12.6 Å². The number of ether oxygens (including phenoxy) is 1. The van der Waals surface area contributed by atoms with Crippen molar-refractivity contribution in [2.75, 3.05) is 12.4 Å². The predicted molar refractivity (Wildman–Crippen MR) is 90.0 cm³/mol. The average molecular weight is 292 g/mol. The first-order valence-corrected chi connectivity index (χ1v) is 8.66. The van der Waals surface area contributed by atoms with Gasteiger partial charge in [-0.15, -0.1) is 0 Å². The van der Waals surface area contributed by atoms with E-state index in [4.69, 9.17) is 4.74 Å². The summed E-state index contributed by atoms with van der Waals surface area (Å²) in [5.74, 6) is 2.58. The Balaban J connectivity index is 2.06. The summed E-state index contributed by atoms with van der Waals surface area (Å²) >= 11 is 4.60. The van der Waals surface area contributed by atoms with Crippen LogP contribution in [-0.4, -0.2) is 12.4 Å². The lowest BCUT2D eigenvalue weighted by atomic mass is 9.76. The van der Waals surface area contributed by atoms with Gasteiger partial charge < -0.3 is 4.74 Å². The van der Waals surface area contributed by atoms with E-state index in [9.17, 15) is 0 Å². The first-order chi connectivity index (χ1) is 9.71. The van der Waals surface area contributed by atoms with Crippen LogP contribution in [0.2, 0.25) is 0 Å². The lowest BCUT2D eigenvalue weighted by Crippen LogP contribution is -2.33. The summed E-state index contributed by atoms with van der Waals surface area (Å²) < 4.78 is 6.24. The Kier molecular flexibility index (Phi) is 5.83. The third-order valence-electron chi connectivity index (χ3n) is 4.85. The van der Waals surface area contributed by atoms with Gasteiger partial charge in [0.25, 0.3) is 0 Å². The molecular formula is C18H28OS. The van der Waals surface area contributed by atoms with Crippen LogP contribution in [0.25, 0.3) is 0 Å². The Bertz CT molecular complexity index is 410. The number of benzene rings is 1. The van der Waals surface area contributed by atoms with Gasteiger partial charge in [-0.25, -0.2) is 0 Å². The molecule has 1 aliphatic carbocycles. The molecule has 2 rings (SSSR count). The molecule has 1 aromatic rings. The first kappa shape index (κ1) is 15.8. The highest BCUT2D eigenvalue weighted by Gasteiger charge is 2.31. The smallest absolute Gasteiger partial charge is 0.122 e. The van der Waals surface area contributed by atoms with Gasteiger partial charge in [0, 0.05) is 5.41 Å². The van der Waals surface area contributed by atoms with E-state index in [1.165, 1.54) is 37.7 Å². The second-order valence-corrected chi connectivity index (χ2v) is 6.67. The van der Waals surface area contributed by atoms with E-state index < -0.39 is 0 Å². The Morgan fingerprint density at radius 3 is 2.55 bits per heavy atom. The Hall–Kier alpha value is -0.630. The molecule has 1 atom stereocenters. The molecule has 1 fully saturated rings. The van der Waals surface area contributed by atoms with Crippen LogP contribution in [0.4, 0.5) is 0 Å². The molecule has 1 nitrogen and oxygen atoms in total. The average Bonchev–Trinajstić information content (AvgIpc) is 2.53. The van der Waals surface area contributed by atoms with Gasteiger partial charge in [0.05, 0.1) is 6.61 Å². The Labute approximate surface area is 129 Å². The van der Waals surface area contributed by atoms with E-state index in [2.05, 4.69) is 50.7 Å². The second-order valence-electron chi connectivity index (χ2n) is 6.35. The van der Waals surface area contributed by atoms with E-state index in [1.54, 1.807) is 0 Å². The molecule has 1 aliphatic rings. The van der Waals surface area contributed by atoms with Crippen molar-refractivity contribution in [3.8, 4) is 5.75 Å². The van der Waals surface area contributed by atoms with Crippen molar-refractivity contribution in [2.24, 2.45) is 5.41 Å². The molecule has 1 aromatic carbocycles. The molecule has 0 spiro atoms. The van der Waals surface area contributed by atoms with Crippen molar-refractivity contribution in [3.63, 3.8) is 0 Å². The van der Waals surface area contributed by atoms with Crippen molar-refractivity contribution in [3.05, 3.63) is 29.8 Å². The summed E-state index contributed by atoms with van der Waals surface area (Å²) in [6.07, 6.45) is 7.72. The summed E-state index contributed by atoms with van der Waals surface area (Å²) in [5, 5.41) is 0. The molecule has 20 heavy (non-hydrogen) atoms. The number of para-hydroxylation sites is 1. The highest BCUT2D eigenvalue weighted by atomic mass is 32.1. The number of hydrogen-bond donors (Lipinski definition) is 1. The van der Waals surface area contributed by atoms with E-state index in [1.807, 2.05) is 0 Å². The zero-order chi connectivity index (χ0) is 14.4. The Morgan fingerprint density at radius 1 is 1.20 bits per heavy atom. The topological polar surface area (TPSA) is 9.23 Å². The molecule has 0 saturated heterocycles. The fourth-order valence-electron chi connectivity index (χ4n) is 3.12. The van der Waals surface area contributed by atoms with E-state index >= 15 is 0 Å². The molecule has 0 aromatic heterocycles. The molecule has 0 bridgehead atoms. The quantitative estimate of drug-likeness (QED) is 0.685. The van der Waals surface area contributed by atoms with Crippen LogP contribution in [0, 0.1) is 5.41 Å². The zero-order valence-corrected chi connectivity index (χ0v) is 13.8. The molecule has 0 aliphatic heterocycles. The number of rotatable bonds is 6. The normalized spacial score (nSPS) is 19.6. The molecule has 112 valence electrons. The Morgan fingerprint density at radius 2 is 1.90 bits per heavy atom. The maximum atomic E-state index is 6.24. The lowest BCUT2D eigenvalue weighted by Gasteiger charge is -2.36. The molecule has 0 radical (unpaired) electrons. The summed E-state index contributed by atoms with van der Waals surface area (Å²) in [4.78, 5) is 0. The van der Waals surface area contributed by atoms with Crippen molar-refractivity contribution in [1.29, 1.82) is 0 Å². The van der Waals surface area contributed by atoms with Gasteiger partial charge in [0.2, 0.25) is 0 Å². The zero-order valence-electron chi connectivity index (χ0n) is 12.9. The molecule has 0 amide bonds. The van der Waals surface area contributed by atoms with Gasteiger partial charge in [-0.1, -0.05) is 51.3 Å². The van der Waals surface area contributed by atoms with Gasteiger partial charge in [0.1, 0.15) is 5.75 Å². The largest absolute Gasteiger partial charge is 0.493 e. The van der Waals surface area contributed by atoms with Gasteiger partial charge in [-0.2, -0.15) is 12.6 Å². The number of thiol groups is 1. The molecule has 1 saturated carbocycles. The van der Waals surface area contributed by atoms with Crippen molar-refractivity contribution in [2.45, 2.75) is 58.3 Å². The SMILES string of the molecule is CCC(C)c1ccccc1OCC1(CS)CCCCC1. The van der Waals surface area contributed by atoms with Crippen LogP contribution in [0.3, 0.4) is 0 Å². The maximum absolute atomic E-state index is 6.24. The third kappa shape index (κ3) is 3.72. The van der Waals surface area contributed by atoms with E-state index in [-0.39, 0.29) is 0 Å². The summed E-state index contributed by atoms with van der Waals surface area (Å²) in [6.45, 7) is 5.33. The summed E-state index contributed by atoms with van der Waals surface area (Å²) in [5.41, 5.74) is 1.64.